The average Bonchev–Trinajstić information content (AvgIpc) is 2.70. The maximum atomic E-state index is 10.3. The zero-order valence-electron chi connectivity index (χ0n) is 6.50. The number of carbonyl (C=O) groups excluding carboxylic acids is 1. The Bertz CT molecular complexity index is 162. The Morgan fingerprint density at radius 2 is 2.27 bits per heavy atom. The molecule has 0 aromatic carbocycles. The Morgan fingerprint density at radius 3 is 2.82 bits per heavy atom. The van der Waals surface area contributed by atoms with E-state index < -0.39 is 0 Å². The van der Waals surface area contributed by atoms with Crippen LogP contribution in [0.3, 0.4) is 0 Å². The molecule has 11 heavy (non-hydrogen) atoms. The van der Waals surface area contributed by atoms with E-state index in [-0.39, 0.29) is 12.1 Å². The molecule has 0 aliphatic carbocycles. The number of hydrogen-bond acceptors (Lipinski definition) is 4. The molecule has 2 N–H and O–H groups in total. The quantitative estimate of drug-likeness (QED) is 0.441. The normalized spacial score (nSPS) is 15.0. The van der Waals surface area contributed by atoms with Gasteiger partial charge in [-0.3, -0.25) is 10.2 Å². The fourth-order valence-electron chi connectivity index (χ4n) is 0.723. The van der Waals surface area contributed by atoms with E-state index in [2.05, 4.69) is 21.1 Å². The van der Waals surface area contributed by atoms with Crippen molar-refractivity contribution in [3.63, 3.8) is 0 Å². The van der Waals surface area contributed by atoms with E-state index in [0.29, 0.717) is 0 Å². The Labute approximate surface area is 65.2 Å². The van der Waals surface area contributed by atoms with Crippen LogP contribution in [0, 0.1) is 0 Å². The molecule has 1 heterocycles. The molecule has 0 atom stereocenters. The van der Waals surface area contributed by atoms with Gasteiger partial charge in [-0.25, -0.2) is 5.43 Å². The molecular formula is C6H12N4O. The average molecular weight is 156 g/mol. The SMILES string of the molecule is CC(=O)NNCCCC1N=N1. The van der Waals surface area contributed by atoms with E-state index in [1.165, 1.54) is 6.92 Å². The monoisotopic (exact) mass is 156 g/mol. The highest BCUT2D eigenvalue weighted by Crippen LogP contribution is 2.15. The number of hydrogen-bond donors (Lipinski definition) is 2. The Morgan fingerprint density at radius 1 is 1.55 bits per heavy atom. The van der Waals surface area contributed by atoms with E-state index >= 15 is 0 Å². The van der Waals surface area contributed by atoms with Gasteiger partial charge in [0, 0.05) is 13.5 Å². The van der Waals surface area contributed by atoms with E-state index in [1.807, 2.05) is 0 Å². The lowest BCUT2D eigenvalue weighted by atomic mass is 10.3. The first kappa shape index (κ1) is 8.13. The van der Waals surface area contributed by atoms with Crippen LogP contribution in [0.1, 0.15) is 19.8 Å². The summed E-state index contributed by atoms with van der Waals surface area (Å²) in [5, 5.41) is 7.49. The van der Waals surface area contributed by atoms with Crippen molar-refractivity contribution in [2.75, 3.05) is 6.54 Å². The molecule has 0 saturated heterocycles. The van der Waals surface area contributed by atoms with Gasteiger partial charge in [0.1, 0.15) is 0 Å². The van der Waals surface area contributed by atoms with Gasteiger partial charge in [0.15, 0.2) is 6.17 Å². The second-order valence-corrected chi connectivity index (χ2v) is 2.46. The van der Waals surface area contributed by atoms with Crippen molar-refractivity contribution in [2.45, 2.75) is 25.9 Å². The predicted molar refractivity (Wildman–Crippen MR) is 39.7 cm³/mol. The summed E-state index contributed by atoms with van der Waals surface area (Å²) < 4.78 is 0. The molecule has 0 unspecified atom stereocenters. The van der Waals surface area contributed by atoms with Crippen molar-refractivity contribution in [1.82, 2.24) is 10.9 Å². The number of hydrazine groups is 1. The van der Waals surface area contributed by atoms with Crippen LogP contribution in [-0.2, 0) is 4.79 Å². The first-order valence-electron chi connectivity index (χ1n) is 3.68. The standard InChI is InChI=1S/C6H12N4O/c1-5(11)8-7-4-2-3-6-9-10-6/h6-7H,2-4H2,1H3,(H,8,11). The third-order valence-corrected chi connectivity index (χ3v) is 1.31. The highest BCUT2D eigenvalue weighted by atomic mass is 16.2. The Balaban J connectivity index is 1.76. The summed E-state index contributed by atoms with van der Waals surface area (Å²) >= 11 is 0. The molecule has 0 radical (unpaired) electrons. The lowest BCUT2D eigenvalue weighted by Crippen LogP contribution is -2.36. The molecule has 1 rings (SSSR count). The van der Waals surface area contributed by atoms with Crippen LogP contribution in [0.4, 0.5) is 0 Å². The van der Waals surface area contributed by atoms with Crippen molar-refractivity contribution in [3.05, 3.63) is 0 Å². The molecule has 0 fully saturated rings. The zero-order chi connectivity index (χ0) is 8.10. The summed E-state index contributed by atoms with van der Waals surface area (Å²) in [7, 11) is 0. The van der Waals surface area contributed by atoms with Crippen LogP contribution in [0.5, 0.6) is 0 Å². The minimum absolute atomic E-state index is 0.0641. The van der Waals surface area contributed by atoms with Gasteiger partial charge in [0.25, 0.3) is 0 Å². The van der Waals surface area contributed by atoms with E-state index in [1.54, 1.807) is 0 Å². The molecule has 5 heteroatoms. The summed E-state index contributed by atoms with van der Waals surface area (Å²) in [6, 6.07) is 0. The van der Waals surface area contributed by atoms with Gasteiger partial charge >= 0.3 is 0 Å². The molecule has 62 valence electrons. The van der Waals surface area contributed by atoms with Gasteiger partial charge in [-0.15, -0.1) is 0 Å². The zero-order valence-corrected chi connectivity index (χ0v) is 6.50. The van der Waals surface area contributed by atoms with E-state index in [9.17, 15) is 4.79 Å². The fraction of sp³-hybridized carbons (Fsp3) is 0.833. The summed E-state index contributed by atoms with van der Waals surface area (Å²) in [5.41, 5.74) is 5.27. The number of nitrogens with one attached hydrogen (secondary N) is 2. The van der Waals surface area contributed by atoms with E-state index in [4.69, 9.17) is 0 Å². The van der Waals surface area contributed by atoms with E-state index in [0.717, 1.165) is 19.4 Å². The van der Waals surface area contributed by atoms with Gasteiger partial charge in [-0.05, 0) is 12.8 Å². The van der Waals surface area contributed by atoms with Crippen molar-refractivity contribution in [3.8, 4) is 0 Å². The summed E-state index contributed by atoms with van der Waals surface area (Å²) in [6.45, 7) is 2.25. The van der Waals surface area contributed by atoms with Gasteiger partial charge in [0.2, 0.25) is 5.91 Å². The summed E-state index contributed by atoms with van der Waals surface area (Å²) in [6.07, 6.45) is 2.21. The molecule has 0 bridgehead atoms. The van der Waals surface area contributed by atoms with Crippen LogP contribution < -0.4 is 10.9 Å². The van der Waals surface area contributed by atoms with Crippen molar-refractivity contribution < 1.29 is 4.79 Å². The fourth-order valence-corrected chi connectivity index (χ4v) is 0.723. The smallest absolute Gasteiger partial charge is 0.230 e. The molecule has 0 aromatic rings. The first-order chi connectivity index (χ1) is 5.29. The minimum atomic E-state index is -0.0641. The molecular weight excluding hydrogens is 144 g/mol. The third kappa shape index (κ3) is 4.44. The second kappa shape index (κ2) is 4.02. The van der Waals surface area contributed by atoms with Gasteiger partial charge in [0.05, 0.1) is 0 Å². The second-order valence-electron chi connectivity index (χ2n) is 2.46. The maximum absolute atomic E-state index is 10.3. The number of nitrogens with zero attached hydrogens (tertiary/aromatic N) is 2. The molecule has 0 spiro atoms. The molecule has 1 amide bonds. The molecule has 1 aliphatic heterocycles. The topological polar surface area (TPSA) is 65.8 Å². The van der Waals surface area contributed by atoms with Crippen molar-refractivity contribution >= 4 is 5.91 Å². The molecule has 5 nitrogen and oxygen atoms in total. The van der Waals surface area contributed by atoms with Crippen LogP contribution in [-0.4, -0.2) is 18.6 Å². The molecule has 0 aromatic heterocycles. The number of rotatable bonds is 5. The third-order valence-electron chi connectivity index (χ3n) is 1.31. The molecule has 1 aliphatic rings. The van der Waals surface area contributed by atoms with Crippen LogP contribution >= 0.6 is 0 Å². The lowest BCUT2D eigenvalue weighted by molar-refractivity contribution is -0.119. The van der Waals surface area contributed by atoms with Gasteiger partial charge in [-0.1, -0.05) is 0 Å². The largest absolute Gasteiger partial charge is 0.292 e. The Hall–Kier alpha value is -0.970. The number of carbonyl (C=O) groups is 1. The summed E-state index contributed by atoms with van der Waals surface area (Å²) in [5.74, 6) is -0.0641. The van der Waals surface area contributed by atoms with Crippen LogP contribution in [0.25, 0.3) is 0 Å². The predicted octanol–water partition coefficient (Wildman–Crippen LogP) is 0.199. The minimum Gasteiger partial charge on any atom is -0.292 e. The highest BCUT2D eigenvalue weighted by Gasteiger charge is 2.13. The van der Waals surface area contributed by atoms with Crippen molar-refractivity contribution in [1.29, 1.82) is 0 Å². The highest BCUT2D eigenvalue weighted by molar-refractivity contribution is 5.72. The van der Waals surface area contributed by atoms with Crippen LogP contribution in [0.2, 0.25) is 0 Å². The van der Waals surface area contributed by atoms with Gasteiger partial charge < -0.3 is 0 Å². The molecule has 0 saturated carbocycles. The lowest BCUT2D eigenvalue weighted by Gasteiger charge is -2.02. The number of amides is 1. The van der Waals surface area contributed by atoms with Crippen LogP contribution in [0.15, 0.2) is 10.2 Å². The first-order valence-corrected chi connectivity index (χ1v) is 3.68. The maximum Gasteiger partial charge on any atom is 0.230 e. The Kier molecular flexibility index (Phi) is 2.97. The van der Waals surface area contributed by atoms with Gasteiger partial charge in [-0.2, -0.15) is 10.2 Å². The summed E-state index contributed by atoms with van der Waals surface area (Å²) in [4.78, 5) is 10.3. The van der Waals surface area contributed by atoms with Crippen molar-refractivity contribution in [2.24, 2.45) is 10.2 Å².